The number of rotatable bonds is 10. The molecule has 0 bridgehead atoms. The van der Waals surface area contributed by atoms with Gasteiger partial charge in [-0.2, -0.15) is 0 Å². The number of benzene rings is 2. The number of carbonyl (C=O) groups excluding carboxylic acids is 1. The number of hydrogen-bond donors (Lipinski definition) is 0. The van der Waals surface area contributed by atoms with Gasteiger partial charge in [0.1, 0.15) is 5.75 Å². The Hall–Kier alpha value is -2.31. The number of unbranched alkanes of at least 4 members (excludes halogenated alkanes) is 1. The number of fused-ring (bicyclic) bond motifs is 2. The maximum Gasteiger partial charge on any atom is 0.224 e. The minimum absolute atomic E-state index is 0.0414. The average Bonchev–Trinajstić information content (AvgIpc) is 2.75. The third-order valence-corrected chi connectivity index (χ3v) is 6.61. The maximum atomic E-state index is 13.0. The molecule has 0 aliphatic carbocycles. The molecule has 3 aromatic rings. The SMILES string of the molecule is CCC(CCCCOc1cc2c(=O)c3ccc(OC)cc3sc2cc1OC)C(=O)Cl. The predicted octanol–water partition coefficient (Wildman–Crippen LogP) is 5.77. The summed E-state index contributed by atoms with van der Waals surface area (Å²) in [6.45, 7) is 2.43. The van der Waals surface area contributed by atoms with Crippen molar-refractivity contribution in [3.05, 3.63) is 40.6 Å². The summed E-state index contributed by atoms with van der Waals surface area (Å²) in [7, 11) is 3.19. The average molecular weight is 449 g/mol. The Kier molecular flexibility index (Phi) is 7.56. The van der Waals surface area contributed by atoms with Gasteiger partial charge in [-0.1, -0.05) is 6.92 Å². The summed E-state index contributed by atoms with van der Waals surface area (Å²) in [5, 5.41) is 0.983. The van der Waals surface area contributed by atoms with Crippen molar-refractivity contribution in [1.29, 1.82) is 0 Å². The van der Waals surface area contributed by atoms with Crippen LogP contribution in [0, 0.1) is 5.92 Å². The van der Waals surface area contributed by atoms with Gasteiger partial charge in [0.15, 0.2) is 16.9 Å². The van der Waals surface area contributed by atoms with Crippen molar-refractivity contribution >= 4 is 48.4 Å². The summed E-state index contributed by atoms with van der Waals surface area (Å²) in [5.74, 6) is 1.74. The Morgan fingerprint density at radius 1 is 1.03 bits per heavy atom. The number of halogens is 1. The molecular formula is C23H25ClO5S. The molecule has 30 heavy (non-hydrogen) atoms. The van der Waals surface area contributed by atoms with Gasteiger partial charge in [0, 0.05) is 32.2 Å². The highest BCUT2D eigenvalue weighted by Crippen LogP contribution is 2.36. The highest BCUT2D eigenvalue weighted by Gasteiger charge is 2.15. The Balaban J connectivity index is 1.81. The summed E-state index contributed by atoms with van der Waals surface area (Å²) < 4.78 is 18.4. The zero-order valence-electron chi connectivity index (χ0n) is 17.3. The molecular weight excluding hydrogens is 424 g/mol. The Morgan fingerprint density at radius 3 is 2.47 bits per heavy atom. The molecule has 0 radical (unpaired) electrons. The van der Waals surface area contributed by atoms with Crippen LogP contribution in [0.25, 0.3) is 20.2 Å². The number of ether oxygens (including phenoxy) is 3. The van der Waals surface area contributed by atoms with Crippen molar-refractivity contribution < 1.29 is 19.0 Å². The molecule has 0 spiro atoms. The monoisotopic (exact) mass is 448 g/mol. The largest absolute Gasteiger partial charge is 0.497 e. The third kappa shape index (κ3) is 4.87. The number of carbonyl (C=O) groups is 1. The molecule has 0 aliphatic heterocycles. The summed E-state index contributed by atoms with van der Waals surface area (Å²) >= 11 is 7.11. The van der Waals surface area contributed by atoms with Gasteiger partial charge in [-0.15, -0.1) is 11.3 Å². The summed E-state index contributed by atoms with van der Waals surface area (Å²) in [5.41, 5.74) is -0.0414. The molecule has 0 amide bonds. The van der Waals surface area contributed by atoms with Crippen LogP contribution in [0.5, 0.6) is 17.2 Å². The molecule has 7 heteroatoms. The molecule has 0 fully saturated rings. The second kappa shape index (κ2) is 10.1. The molecule has 160 valence electrons. The van der Waals surface area contributed by atoms with Crippen LogP contribution in [0.2, 0.25) is 0 Å². The molecule has 1 atom stereocenters. The van der Waals surface area contributed by atoms with Crippen molar-refractivity contribution in [1.82, 2.24) is 0 Å². The van der Waals surface area contributed by atoms with Crippen LogP contribution < -0.4 is 19.6 Å². The first kappa shape index (κ1) is 22.4. The van der Waals surface area contributed by atoms with Crippen molar-refractivity contribution in [2.45, 2.75) is 32.6 Å². The van der Waals surface area contributed by atoms with Gasteiger partial charge in [0.2, 0.25) is 5.24 Å². The Morgan fingerprint density at radius 2 is 1.80 bits per heavy atom. The lowest BCUT2D eigenvalue weighted by atomic mass is 10.0. The second-order valence-corrected chi connectivity index (χ2v) is 8.50. The maximum absolute atomic E-state index is 13.0. The predicted molar refractivity (Wildman–Crippen MR) is 123 cm³/mol. The van der Waals surface area contributed by atoms with Crippen LogP contribution in [-0.4, -0.2) is 26.1 Å². The number of hydrogen-bond acceptors (Lipinski definition) is 6. The van der Waals surface area contributed by atoms with Gasteiger partial charge < -0.3 is 14.2 Å². The van der Waals surface area contributed by atoms with Crippen LogP contribution in [0.3, 0.4) is 0 Å². The van der Waals surface area contributed by atoms with E-state index >= 15 is 0 Å². The molecule has 0 N–H and O–H groups in total. The normalized spacial score (nSPS) is 12.1. The molecule has 5 nitrogen and oxygen atoms in total. The van der Waals surface area contributed by atoms with E-state index in [1.54, 1.807) is 32.4 Å². The molecule has 1 aromatic heterocycles. The standard InChI is InChI=1S/C23H25ClO5S/c1-4-14(23(24)26)7-5-6-10-29-19-12-17-21(13-18(19)28-3)30-20-11-15(27-2)8-9-16(20)22(17)25/h8-9,11-14H,4-7,10H2,1-3H3. The lowest BCUT2D eigenvalue weighted by Gasteiger charge is -2.13. The van der Waals surface area contributed by atoms with E-state index in [2.05, 4.69) is 0 Å². The molecule has 0 aliphatic rings. The lowest BCUT2D eigenvalue weighted by Crippen LogP contribution is -2.08. The van der Waals surface area contributed by atoms with E-state index in [0.717, 1.165) is 35.1 Å². The highest BCUT2D eigenvalue weighted by atomic mass is 35.5. The number of methoxy groups -OCH3 is 2. The van der Waals surface area contributed by atoms with E-state index in [9.17, 15) is 9.59 Å². The molecule has 0 saturated heterocycles. The summed E-state index contributed by atoms with van der Waals surface area (Å²) in [6.07, 6.45) is 3.12. The smallest absolute Gasteiger partial charge is 0.224 e. The van der Waals surface area contributed by atoms with E-state index in [-0.39, 0.29) is 16.6 Å². The fraction of sp³-hybridized carbons (Fsp3) is 0.391. The first-order valence-corrected chi connectivity index (χ1v) is 11.1. The van der Waals surface area contributed by atoms with Crippen LogP contribution in [0.1, 0.15) is 32.6 Å². The van der Waals surface area contributed by atoms with Crippen molar-refractivity contribution in [3.63, 3.8) is 0 Å². The molecule has 2 aromatic carbocycles. The zero-order chi connectivity index (χ0) is 21.7. The Bertz CT molecular complexity index is 1110. The fourth-order valence-electron chi connectivity index (χ4n) is 3.39. The van der Waals surface area contributed by atoms with Crippen molar-refractivity contribution in [3.8, 4) is 17.2 Å². The van der Waals surface area contributed by atoms with Crippen LogP contribution in [-0.2, 0) is 4.79 Å². The quantitative estimate of drug-likeness (QED) is 0.224. The zero-order valence-corrected chi connectivity index (χ0v) is 18.9. The van der Waals surface area contributed by atoms with Gasteiger partial charge in [0.25, 0.3) is 0 Å². The van der Waals surface area contributed by atoms with Gasteiger partial charge in [-0.3, -0.25) is 9.59 Å². The molecule has 1 heterocycles. The van der Waals surface area contributed by atoms with Gasteiger partial charge in [-0.05, 0) is 61.5 Å². The molecule has 3 rings (SSSR count). The second-order valence-electron chi connectivity index (χ2n) is 7.05. The topological polar surface area (TPSA) is 61.8 Å². The highest BCUT2D eigenvalue weighted by molar-refractivity contribution is 7.24. The fourth-order valence-corrected chi connectivity index (χ4v) is 4.77. The molecule has 1 unspecified atom stereocenters. The van der Waals surface area contributed by atoms with Crippen LogP contribution >= 0.6 is 22.9 Å². The Labute approximate surface area is 184 Å². The van der Waals surface area contributed by atoms with Crippen LogP contribution in [0.4, 0.5) is 0 Å². The van der Waals surface area contributed by atoms with E-state index in [1.165, 1.54) is 11.3 Å². The lowest BCUT2D eigenvalue weighted by molar-refractivity contribution is -0.115. The van der Waals surface area contributed by atoms with Crippen molar-refractivity contribution in [2.75, 3.05) is 20.8 Å². The summed E-state index contributed by atoms with van der Waals surface area (Å²) in [6, 6.07) is 9.05. The van der Waals surface area contributed by atoms with Gasteiger partial charge in [-0.25, -0.2) is 0 Å². The third-order valence-electron chi connectivity index (χ3n) is 5.18. The first-order chi connectivity index (χ1) is 14.5. The van der Waals surface area contributed by atoms with E-state index in [1.807, 2.05) is 19.1 Å². The van der Waals surface area contributed by atoms with E-state index in [4.69, 9.17) is 25.8 Å². The minimum Gasteiger partial charge on any atom is -0.497 e. The first-order valence-electron chi connectivity index (χ1n) is 9.93. The molecule has 0 saturated carbocycles. The van der Waals surface area contributed by atoms with E-state index < -0.39 is 0 Å². The van der Waals surface area contributed by atoms with Crippen molar-refractivity contribution in [2.24, 2.45) is 5.92 Å². The van der Waals surface area contributed by atoms with Crippen LogP contribution in [0.15, 0.2) is 35.1 Å². The van der Waals surface area contributed by atoms with E-state index in [0.29, 0.717) is 34.6 Å². The summed E-state index contributed by atoms with van der Waals surface area (Å²) in [4.78, 5) is 24.3. The minimum atomic E-state index is -0.274. The van der Waals surface area contributed by atoms with Gasteiger partial charge in [0.05, 0.1) is 20.8 Å². The van der Waals surface area contributed by atoms with Gasteiger partial charge >= 0.3 is 0 Å².